The summed E-state index contributed by atoms with van der Waals surface area (Å²) >= 11 is 0. The van der Waals surface area contributed by atoms with Gasteiger partial charge in [0.1, 0.15) is 0 Å². The Kier molecular flexibility index (Phi) is 1.76. The van der Waals surface area contributed by atoms with Gasteiger partial charge in [-0.05, 0) is 19.3 Å². The molecule has 2 rings (SSSR count). The second-order valence-electron chi connectivity index (χ2n) is 3.72. The van der Waals surface area contributed by atoms with Crippen molar-refractivity contribution in [2.45, 2.75) is 50.7 Å². The highest BCUT2D eigenvalue weighted by atomic mass is 16.5. The molecule has 0 N–H and O–H groups in total. The smallest absolute Gasteiger partial charge is 0.0872 e. The summed E-state index contributed by atoms with van der Waals surface area (Å²) in [6.07, 6.45) is 11.3. The van der Waals surface area contributed by atoms with E-state index in [9.17, 15) is 0 Å². The van der Waals surface area contributed by atoms with E-state index in [-0.39, 0.29) is 5.60 Å². The predicted molar refractivity (Wildman–Crippen MR) is 45.5 cm³/mol. The lowest BCUT2D eigenvalue weighted by molar-refractivity contribution is 0.0246. The van der Waals surface area contributed by atoms with E-state index in [1.54, 1.807) is 0 Å². The van der Waals surface area contributed by atoms with Crippen molar-refractivity contribution < 1.29 is 4.74 Å². The number of hydrogen-bond acceptors (Lipinski definition) is 1. The van der Waals surface area contributed by atoms with E-state index in [2.05, 4.69) is 19.1 Å². The Bertz CT molecular complexity index is 174. The number of fused-ring (bicyclic) bond motifs is 2. The van der Waals surface area contributed by atoms with Crippen LogP contribution in [0.2, 0.25) is 0 Å². The van der Waals surface area contributed by atoms with Crippen molar-refractivity contribution in [2.75, 3.05) is 0 Å². The fraction of sp³-hybridized carbons (Fsp3) is 0.800. The van der Waals surface area contributed by atoms with Gasteiger partial charge in [0.2, 0.25) is 0 Å². The Morgan fingerprint density at radius 3 is 3.00 bits per heavy atom. The summed E-state index contributed by atoms with van der Waals surface area (Å²) in [6.45, 7) is 2.24. The first-order chi connectivity index (χ1) is 5.35. The number of rotatable bonds is 3. The largest absolute Gasteiger partial charge is 0.364 e. The first kappa shape index (κ1) is 7.35. The molecule has 2 aliphatic heterocycles. The summed E-state index contributed by atoms with van der Waals surface area (Å²) in [7, 11) is 0. The zero-order chi connectivity index (χ0) is 7.73. The first-order valence-corrected chi connectivity index (χ1v) is 4.72. The molecule has 0 radical (unpaired) electrons. The van der Waals surface area contributed by atoms with Crippen LogP contribution < -0.4 is 0 Å². The van der Waals surface area contributed by atoms with Gasteiger partial charge in [-0.15, -0.1) is 0 Å². The highest BCUT2D eigenvalue weighted by Crippen LogP contribution is 2.41. The van der Waals surface area contributed by atoms with Gasteiger partial charge in [-0.1, -0.05) is 31.9 Å². The minimum absolute atomic E-state index is 0.181. The van der Waals surface area contributed by atoms with Crippen molar-refractivity contribution in [2.24, 2.45) is 0 Å². The highest BCUT2D eigenvalue weighted by Gasteiger charge is 2.40. The molecule has 1 nitrogen and oxygen atoms in total. The van der Waals surface area contributed by atoms with Gasteiger partial charge >= 0.3 is 0 Å². The van der Waals surface area contributed by atoms with Gasteiger partial charge in [0.15, 0.2) is 0 Å². The Morgan fingerprint density at radius 2 is 2.55 bits per heavy atom. The summed E-state index contributed by atoms with van der Waals surface area (Å²) in [4.78, 5) is 0. The van der Waals surface area contributed by atoms with Crippen molar-refractivity contribution in [3.63, 3.8) is 0 Å². The maximum absolute atomic E-state index is 5.85. The minimum atomic E-state index is 0.181. The van der Waals surface area contributed by atoms with Crippen LogP contribution >= 0.6 is 0 Å². The summed E-state index contributed by atoms with van der Waals surface area (Å²) in [5.74, 6) is 0. The van der Waals surface area contributed by atoms with Gasteiger partial charge in [0.25, 0.3) is 0 Å². The van der Waals surface area contributed by atoms with E-state index in [4.69, 9.17) is 4.74 Å². The van der Waals surface area contributed by atoms with Gasteiger partial charge in [0, 0.05) is 0 Å². The van der Waals surface area contributed by atoms with Crippen LogP contribution in [0, 0.1) is 0 Å². The molecule has 2 aliphatic rings. The molecule has 1 saturated heterocycles. The van der Waals surface area contributed by atoms with Crippen LogP contribution in [0.3, 0.4) is 0 Å². The molecule has 0 aromatic rings. The molecule has 0 spiro atoms. The zero-order valence-corrected chi connectivity index (χ0v) is 7.18. The standard InChI is InChI=1S/C10H16O/c1-2-3-6-10-7-4-9(11-10)5-8-10/h4,7,9H,2-3,5-6,8H2,1H3. The van der Waals surface area contributed by atoms with E-state index in [0.717, 1.165) is 0 Å². The molecule has 0 saturated carbocycles. The lowest BCUT2D eigenvalue weighted by atomic mass is 9.90. The molecule has 2 atom stereocenters. The fourth-order valence-electron chi connectivity index (χ4n) is 2.09. The lowest BCUT2D eigenvalue weighted by Crippen LogP contribution is -2.22. The predicted octanol–water partition coefficient (Wildman–Crippen LogP) is 2.66. The Morgan fingerprint density at radius 1 is 1.64 bits per heavy atom. The van der Waals surface area contributed by atoms with E-state index in [1.165, 1.54) is 32.1 Å². The summed E-state index contributed by atoms with van der Waals surface area (Å²) in [5, 5.41) is 0. The third-order valence-electron chi connectivity index (χ3n) is 2.81. The second-order valence-corrected chi connectivity index (χ2v) is 3.72. The lowest BCUT2D eigenvalue weighted by Gasteiger charge is -2.21. The third-order valence-corrected chi connectivity index (χ3v) is 2.81. The SMILES string of the molecule is CCCCC12C=CC(CC1)O2. The zero-order valence-electron chi connectivity index (χ0n) is 7.18. The number of unbranched alkanes of at least 4 members (excludes halogenated alkanes) is 1. The van der Waals surface area contributed by atoms with Crippen LogP contribution in [0.25, 0.3) is 0 Å². The first-order valence-electron chi connectivity index (χ1n) is 4.72. The van der Waals surface area contributed by atoms with Gasteiger partial charge in [-0.2, -0.15) is 0 Å². The Labute approximate surface area is 68.4 Å². The minimum Gasteiger partial charge on any atom is -0.364 e. The van der Waals surface area contributed by atoms with Crippen LogP contribution in [0.5, 0.6) is 0 Å². The maximum Gasteiger partial charge on any atom is 0.0872 e. The average Bonchev–Trinajstić information content (AvgIpc) is 2.60. The maximum atomic E-state index is 5.85. The fourth-order valence-corrected chi connectivity index (χ4v) is 2.09. The van der Waals surface area contributed by atoms with E-state index in [1.807, 2.05) is 0 Å². The molecular formula is C10H16O. The highest BCUT2D eigenvalue weighted by molar-refractivity contribution is 5.16. The molecule has 62 valence electrons. The Hall–Kier alpha value is -0.300. The van der Waals surface area contributed by atoms with Gasteiger partial charge in [-0.3, -0.25) is 0 Å². The van der Waals surface area contributed by atoms with Crippen LogP contribution in [0.1, 0.15) is 39.0 Å². The molecule has 2 bridgehead atoms. The van der Waals surface area contributed by atoms with Crippen molar-refractivity contribution >= 4 is 0 Å². The van der Waals surface area contributed by atoms with Crippen LogP contribution in [0.15, 0.2) is 12.2 Å². The second kappa shape index (κ2) is 2.63. The van der Waals surface area contributed by atoms with Crippen molar-refractivity contribution in [1.82, 2.24) is 0 Å². The molecule has 11 heavy (non-hydrogen) atoms. The van der Waals surface area contributed by atoms with Crippen molar-refractivity contribution in [3.05, 3.63) is 12.2 Å². The Balaban J connectivity index is 1.95. The molecule has 0 aromatic heterocycles. The van der Waals surface area contributed by atoms with Gasteiger partial charge in [-0.25, -0.2) is 0 Å². The van der Waals surface area contributed by atoms with E-state index >= 15 is 0 Å². The van der Waals surface area contributed by atoms with Crippen LogP contribution in [-0.2, 0) is 4.74 Å². The molecular weight excluding hydrogens is 136 g/mol. The quantitative estimate of drug-likeness (QED) is 0.565. The van der Waals surface area contributed by atoms with Crippen molar-refractivity contribution in [3.8, 4) is 0 Å². The summed E-state index contributed by atoms with van der Waals surface area (Å²) < 4.78 is 5.85. The normalized spacial score (nSPS) is 40.3. The molecule has 0 aromatic carbocycles. The van der Waals surface area contributed by atoms with Gasteiger partial charge < -0.3 is 4.74 Å². The molecule has 2 unspecified atom stereocenters. The van der Waals surface area contributed by atoms with Crippen molar-refractivity contribution in [1.29, 1.82) is 0 Å². The molecule has 1 fully saturated rings. The third kappa shape index (κ3) is 1.22. The van der Waals surface area contributed by atoms with Crippen LogP contribution in [0.4, 0.5) is 0 Å². The topological polar surface area (TPSA) is 9.23 Å². The summed E-state index contributed by atoms with van der Waals surface area (Å²) in [5.41, 5.74) is 0.181. The molecule has 2 heterocycles. The van der Waals surface area contributed by atoms with E-state index < -0.39 is 0 Å². The monoisotopic (exact) mass is 152 g/mol. The average molecular weight is 152 g/mol. The molecule has 0 amide bonds. The number of ether oxygens (including phenoxy) is 1. The van der Waals surface area contributed by atoms with Gasteiger partial charge in [0.05, 0.1) is 11.7 Å². The summed E-state index contributed by atoms with van der Waals surface area (Å²) in [6, 6.07) is 0. The number of hydrogen-bond donors (Lipinski definition) is 0. The molecule has 0 aliphatic carbocycles. The van der Waals surface area contributed by atoms with Crippen LogP contribution in [-0.4, -0.2) is 11.7 Å². The molecule has 1 heteroatoms. The van der Waals surface area contributed by atoms with E-state index in [0.29, 0.717) is 6.10 Å².